The molecule has 0 unspecified atom stereocenters. The Balaban J connectivity index is 3.21. The lowest BCUT2D eigenvalue weighted by Crippen LogP contribution is -2.47. The topological polar surface area (TPSA) is 23.8 Å². The first-order valence-corrected chi connectivity index (χ1v) is 6.22. The molecule has 0 bridgehead atoms. The lowest BCUT2D eigenvalue weighted by molar-refractivity contribution is 1.47. The Bertz CT molecular complexity index is 970. The van der Waals surface area contributed by atoms with E-state index in [9.17, 15) is 0 Å². The van der Waals surface area contributed by atoms with Crippen LogP contribution in [0.3, 0.4) is 0 Å². The number of benzene rings is 2. The molecule has 0 fully saturated rings. The fraction of sp³-hybridized carbons (Fsp3) is 0. The van der Waals surface area contributed by atoms with Gasteiger partial charge in [0.2, 0.25) is 0 Å². The molecule has 2 rings (SSSR count). The Morgan fingerprint density at radius 2 is 1.60 bits per heavy atom. The molecule has 0 heterocycles. The van der Waals surface area contributed by atoms with E-state index in [1.54, 1.807) is 12.2 Å². The Hall–Kier alpha value is -2.85. The van der Waals surface area contributed by atoms with Gasteiger partial charge in [0, 0.05) is 5.57 Å². The van der Waals surface area contributed by atoms with Crippen molar-refractivity contribution in [3.63, 3.8) is 0 Å². The van der Waals surface area contributed by atoms with Crippen molar-refractivity contribution in [1.29, 1.82) is 5.26 Å². The minimum atomic E-state index is 0.403. The second-order valence-corrected chi connectivity index (χ2v) is 4.51. The van der Waals surface area contributed by atoms with Gasteiger partial charge in [-0.15, -0.1) is 0 Å². The fourth-order valence-corrected chi connectivity index (χ4v) is 2.28. The van der Waals surface area contributed by atoms with Crippen LogP contribution in [0.25, 0.3) is 36.1 Å². The SMILES string of the molecule is C=C/C=c1\c(=C)c(=C)/c(=C\C(=C)C#N)c2ccccc12. The highest BCUT2D eigenvalue weighted by molar-refractivity contribution is 5.86. The molecular weight excluding hydrogens is 242 g/mol. The minimum Gasteiger partial charge on any atom is -0.192 e. The lowest BCUT2D eigenvalue weighted by atomic mass is 10.0. The van der Waals surface area contributed by atoms with Gasteiger partial charge in [-0.05, 0) is 37.7 Å². The molecule has 0 spiro atoms. The van der Waals surface area contributed by atoms with Crippen molar-refractivity contribution in [3.8, 4) is 6.07 Å². The first kappa shape index (κ1) is 13.6. The zero-order valence-electron chi connectivity index (χ0n) is 11.3. The third-order valence-electron chi connectivity index (χ3n) is 3.27. The molecule has 0 aliphatic rings. The van der Waals surface area contributed by atoms with Crippen LogP contribution in [0.4, 0.5) is 0 Å². The maximum absolute atomic E-state index is 8.93. The summed E-state index contributed by atoms with van der Waals surface area (Å²) < 4.78 is 0. The highest BCUT2D eigenvalue weighted by atomic mass is 14.2. The quantitative estimate of drug-likeness (QED) is 0.748. The molecule has 0 N–H and O–H groups in total. The molecule has 0 saturated carbocycles. The summed E-state index contributed by atoms with van der Waals surface area (Å²) >= 11 is 0. The van der Waals surface area contributed by atoms with Crippen LogP contribution in [0.5, 0.6) is 0 Å². The van der Waals surface area contributed by atoms with Crippen molar-refractivity contribution in [2.24, 2.45) is 0 Å². The molecule has 2 aromatic rings. The molecular formula is C19H15N. The van der Waals surface area contributed by atoms with Gasteiger partial charge in [-0.2, -0.15) is 5.26 Å². The Morgan fingerprint density at radius 3 is 2.15 bits per heavy atom. The fourth-order valence-electron chi connectivity index (χ4n) is 2.28. The van der Waals surface area contributed by atoms with Gasteiger partial charge in [0.15, 0.2) is 0 Å². The van der Waals surface area contributed by atoms with Gasteiger partial charge in [0.1, 0.15) is 0 Å². The Labute approximate surface area is 118 Å². The van der Waals surface area contributed by atoms with E-state index in [1.165, 1.54) is 0 Å². The van der Waals surface area contributed by atoms with Gasteiger partial charge < -0.3 is 0 Å². The number of rotatable bonds is 2. The van der Waals surface area contributed by atoms with E-state index in [0.29, 0.717) is 5.57 Å². The van der Waals surface area contributed by atoms with Crippen molar-refractivity contribution in [1.82, 2.24) is 0 Å². The molecule has 2 aromatic carbocycles. The summed E-state index contributed by atoms with van der Waals surface area (Å²) in [6, 6.07) is 10.0. The van der Waals surface area contributed by atoms with Crippen molar-refractivity contribution >= 4 is 36.1 Å². The smallest absolute Gasteiger partial charge is 0.0985 e. The maximum Gasteiger partial charge on any atom is 0.0985 e. The Kier molecular flexibility index (Phi) is 3.68. The molecule has 0 radical (unpaired) electrons. The van der Waals surface area contributed by atoms with Crippen molar-refractivity contribution in [3.05, 3.63) is 69.9 Å². The van der Waals surface area contributed by atoms with Crippen molar-refractivity contribution in [2.75, 3.05) is 0 Å². The number of hydrogen-bond donors (Lipinski definition) is 0. The van der Waals surface area contributed by atoms with E-state index >= 15 is 0 Å². The van der Waals surface area contributed by atoms with E-state index in [0.717, 1.165) is 31.6 Å². The summed E-state index contributed by atoms with van der Waals surface area (Å²) in [5.41, 5.74) is 0.403. The van der Waals surface area contributed by atoms with E-state index < -0.39 is 0 Å². The monoisotopic (exact) mass is 257 g/mol. The Morgan fingerprint density at radius 1 is 1.05 bits per heavy atom. The molecule has 0 amide bonds. The predicted molar refractivity (Wildman–Crippen MR) is 87.4 cm³/mol. The highest BCUT2D eigenvalue weighted by Crippen LogP contribution is 2.02. The van der Waals surface area contributed by atoms with Crippen molar-refractivity contribution < 1.29 is 0 Å². The van der Waals surface area contributed by atoms with Crippen LogP contribution >= 0.6 is 0 Å². The van der Waals surface area contributed by atoms with E-state index in [1.807, 2.05) is 36.4 Å². The number of hydrogen-bond acceptors (Lipinski definition) is 1. The minimum absolute atomic E-state index is 0.403. The predicted octanol–water partition coefficient (Wildman–Crippen LogP) is 1.49. The molecule has 20 heavy (non-hydrogen) atoms. The summed E-state index contributed by atoms with van der Waals surface area (Å²) in [4.78, 5) is 0. The lowest BCUT2D eigenvalue weighted by Gasteiger charge is -2.03. The average molecular weight is 257 g/mol. The molecule has 0 atom stereocenters. The summed E-state index contributed by atoms with van der Waals surface area (Å²) in [7, 11) is 0. The van der Waals surface area contributed by atoms with Gasteiger partial charge in [-0.3, -0.25) is 0 Å². The largest absolute Gasteiger partial charge is 0.192 e. The number of nitriles is 1. The van der Waals surface area contributed by atoms with E-state index in [2.05, 4.69) is 26.3 Å². The van der Waals surface area contributed by atoms with Gasteiger partial charge in [-0.1, -0.05) is 62.7 Å². The maximum atomic E-state index is 8.93. The zero-order valence-corrected chi connectivity index (χ0v) is 11.3. The highest BCUT2D eigenvalue weighted by Gasteiger charge is 2.00. The van der Waals surface area contributed by atoms with Gasteiger partial charge in [0.25, 0.3) is 0 Å². The number of nitrogens with zero attached hydrogens (tertiary/aromatic N) is 1. The van der Waals surface area contributed by atoms with E-state index in [-0.39, 0.29) is 0 Å². The summed E-state index contributed by atoms with van der Waals surface area (Å²) in [5, 5.41) is 14.6. The standard InChI is InChI=1S/C19H15N/c1-5-8-16-14(3)15(4)19(11-13(2)12-20)18-10-7-6-9-17(16)18/h5-11H,1-4H2/b16-8+,19-11+. The van der Waals surface area contributed by atoms with Crippen LogP contribution in [-0.2, 0) is 0 Å². The molecule has 1 heteroatoms. The van der Waals surface area contributed by atoms with Crippen LogP contribution in [0.1, 0.15) is 0 Å². The molecule has 1 nitrogen and oxygen atoms in total. The number of allylic oxidation sites excluding steroid dienone is 2. The normalized spacial score (nSPS) is 12.3. The van der Waals surface area contributed by atoms with Crippen LogP contribution in [0, 0.1) is 11.3 Å². The van der Waals surface area contributed by atoms with Crippen molar-refractivity contribution in [2.45, 2.75) is 0 Å². The van der Waals surface area contributed by atoms with E-state index in [4.69, 9.17) is 5.26 Å². The molecule has 0 aliphatic carbocycles. The van der Waals surface area contributed by atoms with Gasteiger partial charge in [-0.25, -0.2) is 0 Å². The molecule has 0 aromatic heterocycles. The average Bonchev–Trinajstić information content (AvgIpc) is 2.47. The van der Waals surface area contributed by atoms with Gasteiger partial charge >= 0.3 is 0 Å². The first-order chi connectivity index (χ1) is 9.60. The number of fused-ring (bicyclic) bond motifs is 1. The molecule has 0 saturated heterocycles. The second-order valence-electron chi connectivity index (χ2n) is 4.51. The van der Waals surface area contributed by atoms with Crippen LogP contribution in [-0.4, -0.2) is 0 Å². The van der Waals surface area contributed by atoms with Crippen LogP contribution in [0.2, 0.25) is 0 Å². The summed E-state index contributed by atoms with van der Waals surface area (Å²) in [6.45, 7) is 15.7. The zero-order chi connectivity index (χ0) is 14.7. The summed E-state index contributed by atoms with van der Waals surface area (Å²) in [6.07, 6.45) is 5.44. The molecule has 96 valence electrons. The van der Waals surface area contributed by atoms with Crippen LogP contribution in [0.15, 0.2) is 49.1 Å². The van der Waals surface area contributed by atoms with Crippen LogP contribution < -0.4 is 20.9 Å². The third-order valence-corrected chi connectivity index (χ3v) is 3.27. The molecule has 0 aliphatic heterocycles. The summed E-state index contributed by atoms with van der Waals surface area (Å²) in [5.74, 6) is 0. The third kappa shape index (κ3) is 2.20. The van der Waals surface area contributed by atoms with Gasteiger partial charge in [0.05, 0.1) is 6.07 Å². The second kappa shape index (κ2) is 5.42. The first-order valence-electron chi connectivity index (χ1n) is 6.22.